The van der Waals surface area contributed by atoms with Crippen LogP contribution >= 0.6 is 11.9 Å². The fraction of sp³-hybridized carbons (Fsp3) is 1.00. The van der Waals surface area contributed by atoms with E-state index < -0.39 is 0 Å². The summed E-state index contributed by atoms with van der Waals surface area (Å²) in [5.41, 5.74) is 0. The zero-order valence-corrected chi connectivity index (χ0v) is 7.19. The number of nitrogens with one attached hydrogen (secondary N) is 1. The second-order valence-corrected chi connectivity index (χ2v) is 3.37. The molecule has 60 valence electrons. The standard InChI is InChI=1S/C6H14N2OS/c1-7-5-3-8(10-2)4-6(5)9/h5-7,9H,3-4H2,1-2H3/t5-,6?/m0/s1. The summed E-state index contributed by atoms with van der Waals surface area (Å²) in [7, 11) is 1.89. The summed E-state index contributed by atoms with van der Waals surface area (Å²) < 4.78 is 2.16. The van der Waals surface area contributed by atoms with Gasteiger partial charge in [0.2, 0.25) is 0 Å². The molecule has 0 spiro atoms. The van der Waals surface area contributed by atoms with Gasteiger partial charge in [-0.1, -0.05) is 11.9 Å². The third-order valence-corrected chi connectivity index (χ3v) is 2.70. The summed E-state index contributed by atoms with van der Waals surface area (Å²) >= 11 is 1.69. The van der Waals surface area contributed by atoms with Crippen molar-refractivity contribution in [2.75, 3.05) is 26.4 Å². The number of hydrogen-bond donors (Lipinski definition) is 2. The van der Waals surface area contributed by atoms with Gasteiger partial charge in [-0.3, -0.25) is 0 Å². The summed E-state index contributed by atoms with van der Waals surface area (Å²) in [6.45, 7) is 1.73. The first-order chi connectivity index (χ1) is 4.77. The molecule has 0 amide bonds. The van der Waals surface area contributed by atoms with E-state index in [9.17, 15) is 5.11 Å². The van der Waals surface area contributed by atoms with Gasteiger partial charge in [0.05, 0.1) is 6.10 Å². The van der Waals surface area contributed by atoms with E-state index in [2.05, 4.69) is 9.62 Å². The maximum atomic E-state index is 9.37. The zero-order chi connectivity index (χ0) is 7.56. The van der Waals surface area contributed by atoms with Crippen molar-refractivity contribution in [2.24, 2.45) is 0 Å². The second kappa shape index (κ2) is 3.57. The normalized spacial score (nSPS) is 35.1. The number of hydrogen-bond acceptors (Lipinski definition) is 4. The molecule has 4 heteroatoms. The lowest BCUT2D eigenvalue weighted by Crippen LogP contribution is -2.36. The molecule has 1 aliphatic rings. The topological polar surface area (TPSA) is 35.5 Å². The first-order valence-corrected chi connectivity index (χ1v) is 4.60. The summed E-state index contributed by atoms with van der Waals surface area (Å²) in [5, 5.41) is 12.4. The van der Waals surface area contributed by atoms with Crippen LogP contribution in [0.3, 0.4) is 0 Å². The molecule has 0 bridgehead atoms. The van der Waals surface area contributed by atoms with E-state index in [1.54, 1.807) is 11.9 Å². The number of likely N-dealkylation sites (N-methyl/N-ethyl adjacent to an activating group) is 1. The van der Waals surface area contributed by atoms with Gasteiger partial charge >= 0.3 is 0 Å². The average molecular weight is 162 g/mol. The van der Waals surface area contributed by atoms with Crippen molar-refractivity contribution in [3.05, 3.63) is 0 Å². The molecule has 2 N–H and O–H groups in total. The Balaban J connectivity index is 2.36. The van der Waals surface area contributed by atoms with Gasteiger partial charge in [-0.05, 0) is 13.3 Å². The van der Waals surface area contributed by atoms with Gasteiger partial charge in [0, 0.05) is 19.1 Å². The summed E-state index contributed by atoms with van der Waals surface area (Å²) in [5.74, 6) is 0. The van der Waals surface area contributed by atoms with Crippen LogP contribution in [-0.4, -0.2) is 48.0 Å². The monoisotopic (exact) mass is 162 g/mol. The van der Waals surface area contributed by atoms with Gasteiger partial charge in [0.1, 0.15) is 0 Å². The maximum Gasteiger partial charge on any atom is 0.0842 e. The fourth-order valence-electron chi connectivity index (χ4n) is 1.18. The lowest BCUT2D eigenvalue weighted by molar-refractivity contribution is 0.164. The average Bonchev–Trinajstić information content (AvgIpc) is 2.30. The highest BCUT2D eigenvalue weighted by atomic mass is 32.2. The number of nitrogens with zero attached hydrogens (tertiary/aromatic N) is 1. The number of β-amino-alcohol motifs (C(OH)–C–C–N with tert-alkyl or cyclic N) is 1. The molecule has 1 fully saturated rings. The number of aliphatic hydroxyl groups excluding tert-OH is 1. The molecular weight excluding hydrogens is 148 g/mol. The smallest absolute Gasteiger partial charge is 0.0842 e. The van der Waals surface area contributed by atoms with Crippen LogP contribution in [0.2, 0.25) is 0 Å². The van der Waals surface area contributed by atoms with Crippen LogP contribution in [-0.2, 0) is 0 Å². The van der Waals surface area contributed by atoms with Crippen LogP contribution in [0.4, 0.5) is 0 Å². The van der Waals surface area contributed by atoms with Crippen LogP contribution in [0.15, 0.2) is 0 Å². The molecule has 3 nitrogen and oxygen atoms in total. The minimum atomic E-state index is -0.197. The lowest BCUT2D eigenvalue weighted by atomic mass is 10.2. The van der Waals surface area contributed by atoms with Crippen molar-refractivity contribution in [3.63, 3.8) is 0 Å². The van der Waals surface area contributed by atoms with Crippen LogP contribution in [0, 0.1) is 0 Å². The Morgan fingerprint density at radius 1 is 1.60 bits per heavy atom. The number of rotatable bonds is 2. The van der Waals surface area contributed by atoms with Gasteiger partial charge in [-0.25, -0.2) is 4.31 Å². The highest BCUT2D eigenvalue weighted by Gasteiger charge is 2.29. The van der Waals surface area contributed by atoms with E-state index in [4.69, 9.17) is 0 Å². The fourth-order valence-corrected chi connectivity index (χ4v) is 1.80. The third kappa shape index (κ3) is 1.63. The minimum absolute atomic E-state index is 0.197. The van der Waals surface area contributed by atoms with Crippen LogP contribution in [0.5, 0.6) is 0 Å². The van der Waals surface area contributed by atoms with Crippen molar-refractivity contribution in [3.8, 4) is 0 Å². The van der Waals surface area contributed by atoms with Crippen molar-refractivity contribution in [1.29, 1.82) is 0 Å². The van der Waals surface area contributed by atoms with Crippen LogP contribution in [0.25, 0.3) is 0 Å². The predicted molar refractivity (Wildman–Crippen MR) is 43.9 cm³/mol. The Morgan fingerprint density at radius 2 is 2.30 bits per heavy atom. The third-order valence-electron chi connectivity index (χ3n) is 1.88. The Hall–Kier alpha value is 0.230. The van der Waals surface area contributed by atoms with Gasteiger partial charge < -0.3 is 10.4 Å². The Kier molecular flexibility index (Phi) is 2.97. The molecule has 1 aliphatic heterocycles. The summed E-state index contributed by atoms with van der Waals surface area (Å²) in [6.07, 6.45) is 1.84. The molecule has 2 atom stereocenters. The molecular formula is C6H14N2OS. The highest BCUT2D eigenvalue weighted by molar-refractivity contribution is 7.96. The van der Waals surface area contributed by atoms with E-state index in [1.807, 2.05) is 13.3 Å². The van der Waals surface area contributed by atoms with Gasteiger partial charge in [-0.2, -0.15) is 0 Å². The minimum Gasteiger partial charge on any atom is -0.390 e. The molecule has 0 aromatic carbocycles. The molecule has 10 heavy (non-hydrogen) atoms. The van der Waals surface area contributed by atoms with Gasteiger partial charge in [-0.15, -0.1) is 0 Å². The summed E-state index contributed by atoms with van der Waals surface area (Å²) in [4.78, 5) is 0. The first-order valence-electron chi connectivity index (χ1n) is 3.42. The van der Waals surface area contributed by atoms with E-state index in [-0.39, 0.29) is 12.1 Å². The van der Waals surface area contributed by atoms with E-state index in [0.717, 1.165) is 13.1 Å². The molecule has 0 saturated carbocycles. The predicted octanol–water partition coefficient (Wildman–Crippen LogP) is -0.471. The van der Waals surface area contributed by atoms with Gasteiger partial charge in [0.15, 0.2) is 0 Å². The largest absolute Gasteiger partial charge is 0.390 e. The SMILES string of the molecule is CN[C@H]1CN(SC)CC1O. The van der Waals surface area contributed by atoms with Crippen molar-refractivity contribution in [2.45, 2.75) is 12.1 Å². The molecule has 1 rings (SSSR count). The van der Waals surface area contributed by atoms with E-state index in [1.165, 1.54) is 0 Å². The van der Waals surface area contributed by atoms with Crippen molar-refractivity contribution in [1.82, 2.24) is 9.62 Å². The zero-order valence-electron chi connectivity index (χ0n) is 6.37. The molecule has 0 aromatic heterocycles. The van der Waals surface area contributed by atoms with Crippen molar-refractivity contribution < 1.29 is 5.11 Å². The lowest BCUT2D eigenvalue weighted by Gasteiger charge is -2.10. The number of aliphatic hydroxyl groups is 1. The van der Waals surface area contributed by atoms with Crippen molar-refractivity contribution >= 4 is 11.9 Å². The molecule has 0 aromatic rings. The van der Waals surface area contributed by atoms with Crippen LogP contribution < -0.4 is 5.32 Å². The molecule has 0 aliphatic carbocycles. The Bertz CT molecular complexity index is 112. The summed E-state index contributed by atoms with van der Waals surface area (Å²) in [6, 6.07) is 0.257. The maximum absolute atomic E-state index is 9.37. The molecule has 0 radical (unpaired) electrons. The molecule has 1 heterocycles. The van der Waals surface area contributed by atoms with E-state index >= 15 is 0 Å². The van der Waals surface area contributed by atoms with E-state index in [0.29, 0.717) is 0 Å². The Labute approximate surface area is 65.9 Å². The Morgan fingerprint density at radius 3 is 2.60 bits per heavy atom. The molecule has 1 unspecified atom stereocenters. The highest BCUT2D eigenvalue weighted by Crippen LogP contribution is 2.16. The second-order valence-electron chi connectivity index (χ2n) is 2.49. The quantitative estimate of drug-likeness (QED) is 0.538. The molecule has 1 saturated heterocycles. The first kappa shape index (κ1) is 8.33. The van der Waals surface area contributed by atoms with Gasteiger partial charge in [0.25, 0.3) is 0 Å². The van der Waals surface area contributed by atoms with Crippen LogP contribution in [0.1, 0.15) is 0 Å².